The predicted octanol–water partition coefficient (Wildman–Crippen LogP) is 3.77. The van der Waals surface area contributed by atoms with E-state index >= 15 is 0 Å². The van der Waals surface area contributed by atoms with Crippen molar-refractivity contribution < 1.29 is 8.42 Å². The first-order valence-corrected chi connectivity index (χ1v) is 9.18. The normalized spacial score (nSPS) is 11.7. The van der Waals surface area contributed by atoms with Crippen molar-refractivity contribution in [2.24, 2.45) is 0 Å². The molecule has 0 fully saturated rings. The first-order valence-electron chi connectivity index (χ1n) is 7.52. The fourth-order valence-electron chi connectivity index (χ4n) is 2.50. The molecule has 0 aliphatic heterocycles. The highest BCUT2D eigenvalue weighted by Crippen LogP contribution is 2.16. The second-order valence-electron chi connectivity index (χ2n) is 5.75. The van der Waals surface area contributed by atoms with Gasteiger partial charge >= 0.3 is 0 Å². The number of rotatable bonds is 5. The van der Waals surface area contributed by atoms with Crippen LogP contribution in [0.2, 0.25) is 0 Å². The molecule has 0 spiro atoms. The summed E-state index contributed by atoms with van der Waals surface area (Å²) in [6, 6.07) is 21.6. The number of aryl methyl sites for hydroxylation is 1. The molecule has 0 unspecified atom stereocenters. The summed E-state index contributed by atoms with van der Waals surface area (Å²) in [6.07, 6.45) is 0. The van der Waals surface area contributed by atoms with Gasteiger partial charge in [-0.2, -0.15) is 0 Å². The van der Waals surface area contributed by atoms with E-state index in [0.717, 1.165) is 27.5 Å². The zero-order chi connectivity index (χ0) is 16.3. The highest BCUT2D eigenvalue weighted by molar-refractivity contribution is 7.88. The molecule has 0 saturated heterocycles. The average Bonchev–Trinajstić information content (AvgIpc) is 2.55. The topological polar surface area (TPSA) is 46.2 Å². The molecule has 0 aromatic heterocycles. The van der Waals surface area contributed by atoms with Gasteiger partial charge in [-0.15, -0.1) is 0 Å². The molecule has 0 aliphatic carbocycles. The first-order chi connectivity index (χ1) is 11.0. The van der Waals surface area contributed by atoms with Gasteiger partial charge in [0.1, 0.15) is 0 Å². The van der Waals surface area contributed by atoms with E-state index in [-0.39, 0.29) is 5.75 Å². The minimum atomic E-state index is -3.35. The second kappa shape index (κ2) is 6.52. The average molecular weight is 325 g/mol. The van der Waals surface area contributed by atoms with Crippen molar-refractivity contribution in [3.8, 4) is 0 Å². The molecule has 0 bridgehead atoms. The van der Waals surface area contributed by atoms with Crippen molar-refractivity contribution in [1.82, 2.24) is 4.72 Å². The van der Waals surface area contributed by atoms with Crippen LogP contribution >= 0.6 is 0 Å². The summed E-state index contributed by atoms with van der Waals surface area (Å²) in [5.74, 6) is 0.000854. The second-order valence-corrected chi connectivity index (χ2v) is 7.55. The number of nitrogens with one attached hydrogen (secondary N) is 1. The van der Waals surface area contributed by atoms with Gasteiger partial charge in [0.25, 0.3) is 0 Å². The lowest BCUT2D eigenvalue weighted by atomic mass is 10.1. The molecular formula is C19H19NO2S. The number of benzene rings is 3. The largest absolute Gasteiger partial charge is 0.216 e. The molecule has 118 valence electrons. The van der Waals surface area contributed by atoms with Crippen molar-refractivity contribution in [3.63, 3.8) is 0 Å². The summed E-state index contributed by atoms with van der Waals surface area (Å²) in [5, 5.41) is 2.27. The molecule has 0 atom stereocenters. The molecule has 3 nitrogen and oxygen atoms in total. The summed E-state index contributed by atoms with van der Waals surface area (Å²) in [5.41, 5.74) is 2.87. The zero-order valence-corrected chi connectivity index (χ0v) is 13.8. The molecule has 0 radical (unpaired) electrons. The predicted molar refractivity (Wildman–Crippen MR) is 94.6 cm³/mol. The first kappa shape index (κ1) is 15.7. The Morgan fingerprint density at radius 3 is 2.22 bits per heavy atom. The molecule has 0 amide bonds. The van der Waals surface area contributed by atoms with Gasteiger partial charge in [0.05, 0.1) is 5.75 Å². The quantitative estimate of drug-likeness (QED) is 0.776. The van der Waals surface area contributed by atoms with Gasteiger partial charge in [0, 0.05) is 6.54 Å². The van der Waals surface area contributed by atoms with Gasteiger partial charge in [0.2, 0.25) is 10.0 Å². The lowest BCUT2D eigenvalue weighted by Crippen LogP contribution is -2.24. The number of hydrogen-bond acceptors (Lipinski definition) is 2. The van der Waals surface area contributed by atoms with Crippen molar-refractivity contribution in [2.75, 3.05) is 0 Å². The fraction of sp³-hybridized carbons (Fsp3) is 0.158. The van der Waals surface area contributed by atoms with Crippen LogP contribution in [-0.2, 0) is 22.3 Å². The Labute approximate surface area is 137 Å². The number of fused-ring (bicyclic) bond motifs is 1. The van der Waals surface area contributed by atoms with E-state index in [2.05, 4.69) is 4.72 Å². The van der Waals surface area contributed by atoms with Gasteiger partial charge in [0.15, 0.2) is 0 Å². The van der Waals surface area contributed by atoms with Gasteiger partial charge in [-0.1, -0.05) is 66.2 Å². The van der Waals surface area contributed by atoms with Crippen LogP contribution in [0.3, 0.4) is 0 Å². The maximum absolute atomic E-state index is 12.2. The van der Waals surface area contributed by atoms with Gasteiger partial charge in [-0.05, 0) is 34.9 Å². The summed E-state index contributed by atoms with van der Waals surface area (Å²) in [4.78, 5) is 0. The van der Waals surface area contributed by atoms with Crippen LogP contribution in [0.4, 0.5) is 0 Å². The standard InChI is InChI=1S/C19H19NO2S/c1-15-6-8-16(9-7-15)14-23(21,22)20-13-17-10-11-18-4-2-3-5-19(18)12-17/h2-12,20H,13-14H2,1H3. The van der Waals surface area contributed by atoms with Crippen LogP contribution in [0, 0.1) is 6.92 Å². The summed E-state index contributed by atoms with van der Waals surface area (Å²) < 4.78 is 27.1. The minimum absolute atomic E-state index is 0.000854. The van der Waals surface area contributed by atoms with E-state index < -0.39 is 10.0 Å². The molecule has 3 aromatic rings. The van der Waals surface area contributed by atoms with Gasteiger partial charge in [-0.25, -0.2) is 13.1 Å². The molecule has 23 heavy (non-hydrogen) atoms. The Morgan fingerprint density at radius 2 is 1.48 bits per heavy atom. The Kier molecular flexibility index (Phi) is 4.46. The monoisotopic (exact) mass is 325 g/mol. The third-order valence-electron chi connectivity index (χ3n) is 3.79. The summed E-state index contributed by atoms with van der Waals surface area (Å²) in [6.45, 7) is 2.29. The third-order valence-corrected chi connectivity index (χ3v) is 5.08. The molecule has 4 heteroatoms. The Hall–Kier alpha value is -2.17. The van der Waals surface area contributed by atoms with Gasteiger partial charge in [-0.3, -0.25) is 0 Å². The van der Waals surface area contributed by atoms with E-state index in [0.29, 0.717) is 6.54 Å². The maximum atomic E-state index is 12.2. The molecule has 3 rings (SSSR count). The van der Waals surface area contributed by atoms with Crippen molar-refractivity contribution in [1.29, 1.82) is 0 Å². The van der Waals surface area contributed by atoms with Crippen LogP contribution in [0.1, 0.15) is 16.7 Å². The van der Waals surface area contributed by atoms with E-state index in [1.54, 1.807) is 0 Å². The SMILES string of the molecule is Cc1ccc(CS(=O)(=O)NCc2ccc3ccccc3c2)cc1. The van der Waals surface area contributed by atoms with Crippen LogP contribution in [0.5, 0.6) is 0 Å². The molecule has 0 aliphatic rings. The molecule has 1 N–H and O–H groups in total. The van der Waals surface area contributed by atoms with Crippen molar-refractivity contribution in [3.05, 3.63) is 83.4 Å². The lowest BCUT2D eigenvalue weighted by molar-refractivity contribution is 0.580. The Morgan fingerprint density at radius 1 is 0.826 bits per heavy atom. The van der Waals surface area contributed by atoms with Gasteiger partial charge < -0.3 is 0 Å². The van der Waals surface area contributed by atoms with E-state index in [4.69, 9.17) is 0 Å². The molecule has 0 heterocycles. The smallest absolute Gasteiger partial charge is 0.212 e. The van der Waals surface area contributed by atoms with E-state index in [9.17, 15) is 8.42 Å². The number of hydrogen-bond donors (Lipinski definition) is 1. The van der Waals surface area contributed by atoms with E-state index in [1.165, 1.54) is 0 Å². The van der Waals surface area contributed by atoms with Crippen LogP contribution < -0.4 is 4.72 Å². The van der Waals surface area contributed by atoms with Crippen LogP contribution in [0.25, 0.3) is 10.8 Å². The highest BCUT2D eigenvalue weighted by Gasteiger charge is 2.11. The molecular weight excluding hydrogens is 306 g/mol. The maximum Gasteiger partial charge on any atom is 0.216 e. The Bertz CT molecular complexity index is 916. The minimum Gasteiger partial charge on any atom is -0.212 e. The lowest BCUT2D eigenvalue weighted by Gasteiger charge is -2.08. The van der Waals surface area contributed by atoms with Crippen molar-refractivity contribution in [2.45, 2.75) is 19.2 Å². The molecule has 3 aromatic carbocycles. The highest BCUT2D eigenvalue weighted by atomic mass is 32.2. The number of sulfonamides is 1. The van der Waals surface area contributed by atoms with Crippen LogP contribution in [-0.4, -0.2) is 8.42 Å². The zero-order valence-electron chi connectivity index (χ0n) is 13.0. The molecule has 0 saturated carbocycles. The third kappa shape index (κ3) is 4.18. The van der Waals surface area contributed by atoms with E-state index in [1.807, 2.05) is 73.7 Å². The van der Waals surface area contributed by atoms with Crippen LogP contribution in [0.15, 0.2) is 66.7 Å². The van der Waals surface area contributed by atoms with Crippen molar-refractivity contribution >= 4 is 20.8 Å². The summed E-state index contributed by atoms with van der Waals surface area (Å²) in [7, 11) is -3.35. The fourth-order valence-corrected chi connectivity index (χ4v) is 3.62. The Balaban J connectivity index is 1.69. The summed E-state index contributed by atoms with van der Waals surface area (Å²) >= 11 is 0.